The van der Waals surface area contributed by atoms with Crippen molar-refractivity contribution >= 4 is 41.0 Å². The molecule has 1 rings (SSSR count). The molecule has 1 aliphatic heterocycles. The van der Waals surface area contributed by atoms with Gasteiger partial charge in [0.2, 0.25) is 16.0 Å². The number of hydrogen-bond acceptors (Lipinski definition) is 4. The van der Waals surface area contributed by atoms with E-state index >= 15 is 0 Å². The Labute approximate surface area is 82.9 Å². The van der Waals surface area contributed by atoms with Gasteiger partial charge in [0.15, 0.2) is 0 Å². The molecule has 1 fully saturated rings. The Balaban J connectivity index is 2.79. The zero-order chi connectivity index (χ0) is 9.35. The fourth-order valence-corrected chi connectivity index (χ4v) is 1.17. The van der Waals surface area contributed by atoms with E-state index in [9.17, 15) is 4.79 Å². The summed E-state index contributed by atoms with van der Waals surface area (Å²) in [6.07, 6.45) is -3.33. The number of ether oxygens (including phenoxy) is 2. The summed E-state index contributed by atoms with van der Waals surface area (Å²) in [6, 6.07) is 1.63. The molecule has 0 radical (unpaired) electrons. The predicted molar refractivity (Wildman–Crippen MR) is 41.0 cm³/mol. The lowest BCUT2D eigenvalue weighted by molar-refractivity contribution is 0.118. The second kappa shape index (κ2) is 3.17. The number of halogens is 3. The van der Waals surface area contributed by atoms with Crippen LogP contribution in [0.4, 0.5) is 4.79 Å². The molecule has 66 valence electrons. The van der Waals surface area contributed by atoms with Gasteiger partial charge in [-0.1, -0.05) is 34.8 Å². The van der Waals surface area contributed by atoms with Crippen LogP contribution in [0.25, 0.3) is 0 Å². The average molecular weight is 230 g/mol. The van der Waals surface area contributed by atoms with Gasteiger partial charge in [0.05, 0.1) is 0 Å². The van der Waals surface area contributed by atoms with Crippen LogP contribution in [0.3, 0.4) is 0 Å². The van der Waals surface area contributed by atoms with Crippen molar-refractivity contribution in [2.45, 2.75) is 16.0 Å². The molecule has 0 bridgehead atoms. The lowest BCUT2D eigenvalue weighted by Crippen LogP contribution is -2.34. The summed E-state index contributed by atoms with van der Waals surface area (Å²) >= 11 is 16.2. The molecule has 2 atom stereocenters. The monoisotopic (exact) mass is 229 g/mol. The van der Waals surface area contributed by atoms with Gasteiger partial charge in [-0.15, -0.1) is 0 Å². The van der Waals surface area contributed by atoms with Crippen LogP contribution in [0.1, 0.15) is 0 Å². The van der Waals surface area contributed by atoms with E-state index in [1.54, 1.807) is 6.07 Å². The highest BCUT2D eigenvalue weighted by molar-refractivity contribution is 6.68. The number of nitriles is 1. The van der Waals surface area contributed by atoms with Crippen molar-refractivity contribution < 1.29 is 14.3 Å². The van der Waals surface area contributed by atoms with Gasteiger partial charge in [-0.2, -0.15) is 5.26 Å². The summed E-state index contributed by atoms with van der Waals surface area (Å²) in [5.74, 6) is 0. The second-order valence-corrected chi connectivity index (χ2v) is 4.37. The van der Waals surface area contributed by atoms with Gasteiger partial charge in [-0.25, -0.2) is 4.79 Å². The molecule has 12 heavy (non-hydrogen) atoms. The SMILES string of the molecule is N#C[C@H]1OC(=O)O[C@@H]1C(Cl)(Cl)Cl. The molecule has 0 unspecified atom stereocenters. The van der Waals surface area contributed by atoms with Crippen LogP contribution in [0, 0.1) is 11.3 Å². The van der Waals surface area contributed by atoms with Crippen LogP contribution in [-0.2, 0) is 9.47 Å². The Bertz CT molecular complexity index is 243. The highest BCUT2D eigenvalue weighted by atomic mass is 35.6. The Morgan fingerprint density at radius 2 is 2.00 bits per heavy atom. The Morgan fingerprint density at radius 1 is 1.42 bits per heavy atom. The number of hydrogen-bond donors (Lipinski definition) is 0. The van der Waals surface area contributed by atoms with E-state index in [1.807, 2.05) is 0 Å². The molecule has 0 saturated carbocycles. The van der Waals surface area contributed by atoms with E-state index in [-0.39, 0.29) is 0 Å². The van der Waals surface area contributed by atoms with Gasteiger partial charge in [0.1, 0.15) is 6.07 Å². The molecule has 1 saturated heterocycles. The van der Waals surface area contributed by atoms with Crippen LogP contribution in [0.5, 0.6) is 0 Å². The number of alkyl halides is 3. The van der Waals surface area contributed by atoms with E-state index in [2.05, 4.69) is 9.47 Å². The molecule has 0 spiro atoms. The quantitative estimate of drug-likeness (QED) is 0.470. The van der Waals surface area contributed by atoms with Crippen molar-refractivity contribution in [1.82, 2.24) is 0 Å². The largest absolute Gasteiger partial charge is 0.510 e. The maximum absolute atomic E-state index is 10.5. The first-order valence-corrected chi connectivity index (χ1v) is 3.92. The molecule has 0 aromatic carbocycles. The van der Waals surface area contributed by atoms with Crippen molar-refractivity contribution in [3.8, 4) is 6.07 Å². The van der Waals surface area contributed by atoms with Gasteiger partial charge >= 0.3 is 6.16 Å². The zero-order valence-electron chi connectivity index (χ0n) is 5.46. The van der Waals surface area contributed by atoms with E-state index < -0.39 is 22.2 Å². The number of cyclic esters (lactones) is 2. The van der Waals surface area contributed by atoms with E-state index in [1.165, 1.54) is 0 Å². The lowest BCUT2D eigenvalue weighted by Gasteiger charge is -2.17. The van der Waals surface area contributed by atoms with Crippen LogP contribution in [-0.4, -0.2) is 22.2 Å². The number of rotatable bonds is 0. The van der Waals surface area contributed by atoms with Crippen LogP contribution in [0.2, 0.25) is 0 Å². The summed E-state index contributed by atoms with van der Waals surface area (Å²) in [5.41, 5.74) is 0. The smallest absolute Gasteiger partial charge is 0.421 e. The average Bonchev–Trinajstić information content (AvgIpc) is 2.29. The first-order valence-electron chi connectivity index (χ1n) is 2.79. The predicted octanol–water partition coefficient (Wildman–Crippen LogP) is 1.78. The number of nitrogens with zero attached hydrogens (tertiary/aromatic N) is 1. The summed E-state index contributed by atoms with van der Waals surface area (Å²) in [5, 5.41) is 8.43. The summed E-state index contributed by atoms with van der Waals surface area (Å²) in [6.45, 7) is 0. The van der Waals surface area contributed by atoms with Crippen molar-refractivity contribution in [3.05, 3.63) is 0 Å². The third-order valence-electron chi connectivity index (χ3n) is 1.17. The highest BCUT2D eigenvalue weighted by Crippen LogP contribution is 2.37. The van der Waals surface area contributed by atoms with Crippen molar-refractivity contribution in [2.75, 3.05) is 0 Å². The van der Waals surface area contributed by atoms with Gasteiger partial charge in [0, 0.05) is 0 Å². The minimum absolute atomic E-state index is 1.00. The van der Waals surface area contributed by atoms with Gasteiger partial charge in [-0.05, 0) is 0 Å². The number of carbonyl (C=O) groups is 1. The molecular formula is C5H2Cl3NO3. The van der Waals surface area contributed by atoms with Gasteiger partial charge in [-0.3, -0.25) is 0 Å². The zero-order valence-corrected chi connectivity index (χ0v) is 7.73. The third-order valence-corrected chi connectivity index (χ3v) is 1.82. The van der Waals surface area contributed by atoms with E-state index in [0.717, 1.165) is 0 Å². The number of carbonyl (C=O) groups excluding carboxylic acids is 1. The Morgan fingerprint density at radius 3 is 2.33 bits per heavy atom. The van der Waals surface area contributed by atoms with Gasteiger partial charge < -0.3 is 9.47 Å². The van der Waals surface area contributed by atoms with Crippen molar-refractivity contribution in [2.24, 2.45) is 0 Å². The summed E-state index contributed by atoms with van der Waals surface area (Å²) < 4.78 is 6.98. The van der Waals surface area contributed by atoms with Crippen molar-refractivity contribution in [3.63, 3.8) is 0 Å². The van der Waals surface area contributed by atoms with Gasteiger partial charge in [0.25, 0.3) is 0 Å². The van der Waals surface area contributed by atoms with E-state index in [4.69, 9.17) is 40.1 Å². The molecule has 1 heterocycles. The second-order valence-electron chi connectivity index (χ2n) is 2.00. The maximum atomic E-state index is 10.5. The molecule has 0 N–H and O–H groups in total. The van der Waals surface area contributed by atoms with Crippen LogP contribution in [0.15, 0.2) is 0 Å². The fraction of sp³-hybridized carbons (Fsp3) is 0.600. The fourth-order valence-electron chi connectivity index (χ4n) is 0.691. The molecule has 0 amide bonds. The lowest BCUT2D eigenvalue weighted by atomic mass is 10.2. The molecule has 0 aromatic rings. The minimum Gasteiger partial charge on any atom is -0.421 e. The highest BCUT2D eigenvalue weighted by Gasteiger charge is 2.49. The molecular weight excluding hydrogens is 228 g/mol. The van der Waals surface area contributed by atoms with Crippen LogP contribution >= 0.6 is 34.8 Å². The molecule has 1 aliphatic rings. The first kappa shape index (κ1) is 9.72. The van der Waals surface area contributed by atoms with Crippen LogP contribution < -0.4 is 0 Å². The third kappa shape index (κ3) is 1.86. The van der Waals surface area contributed by atoms with E-state index in [0.29, 0.717) is 0 Å². The standard InChI is InChI=1S/C5H2Cl3NO3/c6-5(7,8)3-2(1-9)11-4(10)12-3/h2-3H/t2-,3+/m1/s1. The minimum atomic E-state index is -1.84. The normalized spacial score (nSPS) is 29.0. The summed E-state index contributed by atoms with van der Waals surface area (Å²) in [7, 11) is 0. The maximum Gasteiger partial charge on any atom is 0.510 e. The van der Waals surface area contributed by atoms with Crippen molar-refractivity contribution in [1.29, 1.82) is 5.26 Å². The molecule has 0 aromatic heterocycles. The topological polar surface area (TPSA) is 59.3 Å². The Kier molecular flexibility index (Phi) is 2.57. The molecule has 0 aliphatic carbocycles. The Hall–Kier alpha value is -0.370. The molecule has 7 heteroatoms. The summed E-state index contributed by atoms with van der Waals surface area (Å²) in [4.78, 5) is 10.5. The molecule has 4 nitrogen and oxygen atoms in total. The first-order chi connectivity index (χ1) is 5.45.